The summed E-state index contributed by atoms with van der Waals surface area (Å²) >= 11 is 0.863. The molecule has 2 aliphatic heterocycles. The monoisotopic (exact) mass is 557 g/mol. The van der Waals surface area contributed by atoms with E-state index in [1.165, 1.54) is 6.92 Å². The van der Waals surface area contributed by atoms with E-state index < -0.39 is 71.2 Å². The van der Waals surface area contributed by atoms with Gasteiger partial charge in [0.1, 0.15) is 23.6 Å². The van der Waals surface area contributed by atoms with E-state index in [1.54, 1.807) is 44.2 Å². The van der Waals surface area contributed by atoms with Crippen LogP contribution in [0.5, 0.6) is 0 Å². The average Bonchev–Trinajstić information content (AvgIpc) is 3.20. The third kappa shape index (κ3) is 6.82. The molecule has 210 valence electrons. The Balaban J connectivity index is 2.17. The number of esters is 3. The molecule has 0 spiro atoms. The Kier molecular flexibility index (Phi) is 9.39. The highest BCUT2D eigenvalue weighted by molar-refractivity contribution is 8.00. The second-order valence-corrected chi connectivity index (χ2v) is 10.5. The Hall–Kier alpha value is -2.74. The molecule has 13 heteroatoms. The van der Waals surface area contributed by atoms with Crippen molar-refractivity contribution in [2.24, 2.45) is 0 Å². The van der Waals surface area contributed by atoms with Gasteiger partial charge in [-0.3, -0.25) is 14.4 Å². The number of thioether (sulfide) groups is 1. The first-order chi connectivity index (χ1) is 17.8. The van der Waals surface area contributed by atoms with E-state index in [0.29, 0.717) is 4.90 Å². The van der Waals surface area contributed by atoms with Crippen LogP contribution in [0.2, 0.25) is 0 Å². The molecule has 11 nitrogen and oxygen atoms in total. The summed E-state index contributed by atoms with van der Waals surface area (Å²) in [5, 5.41) is 1.10. The number of amides is 1. The van der Waals surface area contributed by atoms with E-state index in [-0.39, 0.29) is 6.61 Å². The number of carbonyl (C=O) groups is 4. The van der Waals surface area contributed by atoms with Crippen LogP contribution in [0.15, 0.2) is 35.2 Å². The number of rotatable bonds is 8. The number of hydrogen-bond donors (Lipinski definition) is 1. The van der Waals surface area contributed by atoms with Crippen molar-refractivity contribution in [3.8, 4) is 0 Å². The number of carbonyl (C=O) groups excluding carboxylic acids is 4. The molecular formula is C25H32FNO10S. The predicted molar refractivity (Wildman–Crippen MR) is 130 cm³/mol. The number of halogens is 1. The molecule has 0 aromatic heterocycles. The summed E-state index contributed by atoms with van der Waals surface area (Å²) in [5.74, 6) is -7.82. The molecule has 0 unspecified atom stereocenters. The molecule has 0 saturated carbocycles. The van der Waals surface area contributed by atoms with Gasteiger partial charge in [-0.15, -0.1) is 11.8 Å². The molecule has 1 amide bonds. The van der Waals surface area contributed by atoms with Gasteiger partial charge in [0, 0.05) is 25.7 Å². The van der Waals surface area contributed by atoms with Crippen molar-refractivity contribution in [2.45, 2.75) is 86.9 Å². The lowest BCUT2D eigenvalue weighted by Gasteiger charge is -2.49. The van der Waals surface area contributed by atoms with Crippen molar-refractivity contribution in [2.75, 3.05) is 13.7 Å². The van der Waals surface area contributed by atoms with Gasteiger partial charge in [0.15, 0.2) is 11.9 Å². The van der Waals surface area contributed by atoms with Crippen LogP contribution in [0, 0.1) is 0 Å². The Labute approximate surface area is 224 Å². The number of methoxy groups -OCH3 is 1. The largest absolute Gasteiger partial charge is 0.465 e. The molecule has 7 atom stereocenters. The van der Waals surface area contributed by atoms with Gasteiger partial charge >= 0.3 is 23.8 Å². The molecule has 1 aromatic rings. The highest BCUT2D eigenvalue weighted by Crippen LogP contribution is 2.45. The minimum Gasteiger partial charge on any atom is -0.465 e. The Morgan fingerprint density at radius 3 is 2.24 bits per heavy atom. The molecular weight excluding hydrogens is 525 g/mol. The summed E-state index contributed by atoms with van der Waals surface area (Å²) in [5.41, 5.74) is 0. The highest BCUT2D eigenvalue weighted by atomic mass is 32.2. The van der Waals surface area contributed by atoms with Gasteiger partial charge in [-0.1, -0.05) is 18.2 Å². The number of benzene rings is 1. The maximum Gasteiger partial charge on any atom is 0.373 e. The molecule has 1 N–H and O–H groups in total. The van der Waals surface area contributed by atoms with E-state index in [1.807, 2.05) is 0 Å². The summed E-state index contributed by atoms with van der Waals surface area (Å²) in [6, 6.07) is 7.21. The summed E-state index contributed by atoms with van der Waals surface area (Å²) in [4.78, 5) is 50.1. The lowest BCUT2D eigenvalue weighted by Crippen LogP contribution is -2.72. The van der Waals surface area contributed by atoms with Crippen molar-refractivity contribution in [1.82, 2.24) is 5.32 Å². The van der Waals surface area contributed by atoms with E-state index in [4.69, 9.17) is 28.4 Å². The smallest absolute Gasteiger partial charge is 0.373 e. The van der Waals surface area contributed by atoms with Crippen LogP contribution in [0.1, 0.15) is 34.6 Å². The van der Waals surface area contributed by atoms with Crippen molar-refractivity contribution in [3.05, 3.63) is 30.3 Å². The molecule has 1 aromatic carbocycles. The third-order valence-electron chi connectivity index (χ3n) is 5.84. The molecule has 3 rings (SSSR count). The maximum absolute atomic E-state index is 16.9. The fourth-order valence-electron chi connectivity index (χ4n) is 4.44. The van der Waals surface area contributed by atoms with Crippen LogP contribution in [0.25, 0.3) is 0 Å². The van der Waals surface area contributed by atoms with E-state index in [2.05, 4.69) is 5.32 Å². The molecule has 2 fully saturated rings. The highest BCUT2D eigenvalue weighted by Gasteiger charge is 2.65. The Morgan fingerprint density at radius 2 is 1.74 bits per heavy atom. The summed E-state index contributed by atoms with van der Waals surface area (Å²) in [6.45, 7) is 6.63. The second kappa shape index (κ2) is 12.0. The fourth-order valence-corrected chi connectivity index (χ4v) is 5.71. The molecule has 0 bridgehead atoms. The third-order valence-corrected chi connectivity index (χ3v) is 7.21. The van der Waals surface area contributed by atoms with Crippen molar-refractivity contribution in [3.63, 3.8) is 0 Å². The quantitative estimate of drug-likeness (QED) is 0.371. The number of nitrogens with one attached hydrogen (secondary N) is 1. The van der Waals surface area contributed by atoms with Crippen LogP contribution in [0.3, 0.4) is 0 Å². The van der Waals surface area contributed by atoms with Crippen LogP contribution < -0.4 is 5.32 Å². The first-order valence-corrected chi connectivity index (χ1v) is 12.8. The topological polar surface area (TPSA) is 136 Å². The maximum atomic E-state index is 16.9. The van der Waals surface area contributed by atoms with E-state index in [9.17, 15) is 19.2 Å². The number of hydrogen-bond acceptors (Lipinski definition) is 11. The molecule has 2 heterocycles. The van der Waals surface area contributed by atoms with Gasteiger partial charge in [-0.2, -0.15) is 4.39 Å². The van der Waals surface area contributed by atoms with Crippen LogP contribution >= 0.6 is 11.8 Å². The van der Waals surface area contributed by atoms with Crippen molar-refractivity contribution >= 4 is 35.6 Å². The summed E-state index contributed by atoms with van der Waals surface area (Å²) in [7, 11) is 0.979. The van der Waals surface area contributed by atoms with Crippen molar-refractivity contribution < 1.29 is 52.0 Å². The van der Waals surface area contributed by atoms with E-state index >= 15 is 4.39 Å². The van der Waals surface area contributed by atoms with Gasteiger partial charge in [-0.25, -0.2) is 4.79 Å². The average molecular weight is 558 g/mol. The van der Waals surface area contributed by atoms with Gasteiger partial charge in [0.2, 0.25) is 5.91 Å². The van der Waals surface area contributed by atoms with Crippen LogP contribution in [0.4, 0.5) is 4.39 Å². The van der Waals surface area contributed by atoms with Gasteiger partial charge in [0.05, 0.1) is 19.8 Å². The van der Waals surface area contributed by atoms with Gasteiger partial charge in [0.25, 0.3) is 0 Å². The number of alkyl halides is 1. The second-order valence-electron chi connectivity index (χ2n) is 9.31. The standard InChI is InChI=1S/C25H32FNO10S/c1-13(28)27-18-20(19(34-14(2)29)17-12-33-24(4,5)36-17)37-25(26,23(31)32-6)22(21(18)35-15(3)30)38-16-10-8-7-9-11-16/h7-11,17-22H,12H2,1-6H3,(H,27,28)/t17-,18+,19-,20-,21-,22+,25-/m1/s1. The Bertz CT molecular complexity index is 1040. The lowest BCUT2D eigenvalue weighted by molar-refractivity contribution is -0.271. The molecule has 38 heavy (non-hydrogen) atoms. The summed E-state index contributed by atoms with van der Waals surface area (Å²) < 4.78 is 50.0. The minimum atomic E-state index is -3.21. The first-order valence-electron chi connectivity index (χ1n) is 11.9. The van der Waals surface area contributed by atoms with Gasteiger partial charge < -0.3 is 33.7 Å². The number of ether oxygens (including phenoxy) is 6. The zero-order valence-corrected chi connectivity index (χ0v) is 22.7. The molecule has 0 aliphatic carbocycles. The predicted octanol–water partition coefficient (Wildman–Crippen LogP) is 1.90. The first kappa shape index (κ1) is 29.8. The molecule has 2 saturated heterocycles. The van der Waals surface area contributed by atoms with Crippen molar-refractivity contribution in [1.29, 1.82) is 0 Å². The normalized spacial score (nSPS) is 31.1. The zero-order chi connectivity index (χ0) is 28.3. The zero-order valence-electron chi connectivity index (χ0n) is 21.9. The molecule has 2 aliphatic rings. The molecule has 0 radical (unpaired) electrons. The van der Waals surface area contributed by atoms with Crippen LogP contribution in [-0.4, -0.2) is 84.9 Å². The SMILES string of the molecule is COC(=O)[C@]1(F)O[C@@H]([C@H](OC(C)=O)[C@H]2COC(C)(C)O2)[C@H](NC(C)=O)[C@@H](OC(C)=O)[C@@H]1Sc1ccccc1. The van der Waals surface area contributed by atoms with Crippen LogP contribution in [-0.2, 0) is 47.6 Å². The lowest BCUT2D eigenvalue weighted by atomic mass is 9.88. The fraction of sp³-hybridized carbons (Fsp3) is 0.600. The minimum absolute atomic E-state index is 0.0739. The van der Waals surface area contributed by atoms with Gasteiger partial charge in [-0.05, 0) is 26.0 Å². The summed E-state index contributed by atoms with van der Waals surface area (Å²) in [6.07, 6.45) is -5.40. The van der Waals surface area contributed by atoms with E-state index in [0.717, 1.165) is 32.7 Å². The Morgan fingerprint density at radius 1 is 1.08 bits per heavy atom.